The fourth-order valence-electron chi connectivity index (χ4n) is 4.61. The molecule has 4 rings (SSSR count). The Labute approximate surface area is 187 Å². The number of likely N-dealkylation sites (N-methyl/N-ethyl adjacent to an activating group) is 1. The van der Waals surface area contributed by atoms with Crippen molar-refractivity contribution in [3.63, 3.8) is 0 Å². The Morgan fingerprint density at radius 1 is 1.09 bits per heavy atom. The maximum Gasteiger partial charge on any atom is 0.407 e. The van der Waals surface area contributed by atoms with Crippen molar-refractivity contribution in [3.05, 3.63) is 59.7 Å². The van der Waals surface area contributed by atoms with E-state index in [1.165, 1.54) is 23.0 Å². The highest BCUT2D eigenvalue weighted by Gasteiger charge is 2.46. The molecule has 0 heterocycles. The van der Waals surface area contributed by atoms with Gasteiger partial charge in [-0.25, -0.2) is 9.59 Å². The quantitative estimate of drug-likeness (QED) is 0.661. The highest BCUT2D eigenvalue weighted by molar-refractivity contribution is 5.86. The second kappa shape index (κ2) is 9.02. The van der Waals surface area contributed by atoms with Gasteiger partial charge in [0.2, 0.25) is 5.91 Å². The minimum absolute atomic E-state index is 0.000907. The predicted molar refractivity (Wildman–Crippen MR) is 119 cm³/mol. The van der Waals surface area contributed by atoms with Crippen LogP contribution in [-0.4, -0.2) is 53.7 Å². The van der Waals surface area contributed by atoms with Gasteiger partial charge in [-0.2, -0.15) is 0 Å². The summed E-state index contributed by atoms with van der Waals surface area (Å²) in [6.07, 6.45) is 0.141. The number of nitrogens with one attached hydrogen (secondary N) is 1. The highest BCUT2D eigenvalue weighted by Crippen LogP contribution is 2.44. The van der Waals surface area contributed by atoms with Gasteiger partial charge in [-0.15, -0.1) is 0 Å². The average Bonchev–Trinajstić information content (AvgIpc) is 3.51. The van der Waals surface area contributed by atoms with Gasteiger partial charge in [-0.05, 0) is 48.4 Å². The maximum atomic E-state index is 12.6. The van der Waals surface area contributed by atoms with Crippen molar-refractivity contribution in [2.75, 3.05) is 19.7 Å². The molecule has 2 N–H and O–H groups in total. The van der Waals surface area contributed by atoms with Gasteiger partial charge in [0.25, 0.3) is 0 Å². The first-order valence-corrected chi connectivity index (χ1v) is 11.0. The van der Waals surface area contributed by atoms with E-state index in [0.29, 0.717) is 19.5 Å². The summed E-state index contributed by atoms with van der Waals surface area (Å²) in [6, 6.07) is 15.5. The van der Waals surface area contributed by atoms with Crippen molar-refractivity contribution in [3.8, 4) is 11.1 Å². The van der Waals surface area contributed by atoms with Crippen molar-refractivity contribution in [2.45, 2.75) is 32.2 Å². The zero-order valence-corrected chi connectivity index (χ0v) is 18.3. The van der Waals surface area contributed by atoms with Crippen LogP contribution in [-0.2, 0) is 14.3 Å². The molecule has 168 valence electrons. The van der Waals surface area contributed by atoms with Crippen LogP contribution in [0.3, 0.4) is 0 Å². The number of rotatable bonds is 8. The first-order valence-electron chi connectivity index (χ1n) is 11.0. The summed E-state index contributed by atoms with van der Waals surface area (Å²) in [5.74, 6) is -1.42. The molecule has 7 nitrogen and oxygen atoms in total. The molecule has 2 aliphatic carbocycles. The minimum Gasteiger partial charge on any atom is -0.480 e. The standard InChI is InChI=1S/C25H28N2O5/c1-3-27(15(2)24(29)30)23(28)21-12-16(21)13-26-25(31)32-14-22-19-10-6-4-8-17(19)18-9-5-7-11-20(18)22/h4-11,15-16,21-22H,3,12-14H2,1-2H3,(H,26,31)(H,29,30)/t15?,16-,21-/m1/s1. The van der Waals surface area contributed by atoms with Gasteiger partial charge in [0, 0.05) is 24.9 Å². The van der Waals surface area contributed by atoms with Crippen LogP contribution in [0.25, 0.3) is 11.1 Å². The Morgan fingerprint density at radius 2 is 1.69 bits per heavy atom. The molecule has 2 aliphatic rings. The number of benzene rings is 2. The van der Waals surface area contributed by atoms with Gasteiger partial charge >= 0.3 is 12.1 Å². The Morgan fingerprint density at radius 3 is 2.25 bits per heavy atom. The van der Waals surface area contributed by atoms with Crippen LogP contribution in [0.15, 0.2) is 48.5 Å². The predicted octanol–water partition coefficient (Wildman–Crippen LogP) is 3.48. The lowest BCUT2D eigenvalue weighted by Gasteiger charge is -2.25. The number of hydrogen-bond donors (Lipinski definition) is 2. The molecule has 0 spiro atoms. The second-order valence-corrected chi connectivity index (χ2v) is 8.45. The molecular weight excluding hydrogens is 408 g/mol. The van der Waals surface area contributed by atoms with E-state index in [4.69, 9.17) is 4.74 Å². The summed E-state index contributed by atoms with van der Waals surface area (Å²) in [7, 11) is 0. The van der Waals surface area contributed by atoms with Gasteiger partial charge < -0.3 is 20.1 Å². The van der Waals surface area contributed by atoms with Crippen molar-refractivity contribution in [1.29, 1.82) is 0 Å². The first-order chi connectivity index (χ1) is 15.4. The highest BCUT2D eigenvalue weighted by atomic mass is 16.5. The number of amides is 2. The van der Waals surface area contributed by atoms with E-state index in [9.17, 15) is 19.5 Å². The molecule has 3 atom stereocenters. The van der Waals surface area contributed by atoms with E-state index in [0.717, 1.165) is 11.1 Å². The number of nitrogens with zero attached hydrogens (tertiary/aromatic N) is 1. The van der Waals surface area contributed by atoms with Gasteiger partial charge in [0.1, 0.15) is 12.6 Å². The molecule has 0 radical (unpaired) electrons. The van der Waals surface area contributed by atoms with Crippen LogP contribution in [0, 0.1) is 11.8 Å². The lowest BCUT2D eigenvalue weighted by atomic mass is 9.98. The number of aliphatic carboxylic acids is 1. The van der Waals surface area contributed by atoms with E-state index in [-0.39, 0.29) is 30.3 Å². The molecule has 2 aromatic carbocycles. The van der Waals surface area contributed by atoms with Crippen LogP contribution in [0.5, 0.6) is 0 Å². The largest absolute Gasteiger partial charge is 0.480 e. The third kappa shape index (κ3) is 4.20. The molecule has 0 bridgehead atoms. The number of carboxylic acid groups (broad SMARTS) is 1. The molecule has 0 saturated heterocycles. The van der Waals surface area contributed by atoms with Crippen molar-refractivity contribution >= 4 is 18.0 Å². The molecule has 2 aromatic rings. The number of ether oxygens (including phenoxy) is 1. The van der Waals surface area contributed by atoms with E-state index in [1.54, 1.807) is 6.92 Å². The van der Waals surface area contributed by atoms with Crippen LogP contribution in [0.4, 0.5) is 4.79 Å². The number of carboxylic acids is 1. The zero-order valence-electron chi connectivity index (χ0n) is 18.3. The van der Waals surface area contributed by atoms with Crippen molar-refractivity contribution in [2.24, 2.45) is 11.8 Å². The molecular formula is C25H28N2O5. The number of hydrogen-bond acceptors (Lipinski definition) is 4. The summed E-state index contributed by atoms with van der Waals surface area (Å²) in [5, 5.41) is 11.9. The van der Waals surface area contributed by atoms with Gasteiger partial charge in [0.05, 0.1) is 0 Å². The fourth-order valence-corrected chi connectivity index (χ4v) is 4.61. The van der Waals surface area contributed by atoms with Crippen LogP contribution < -0.4 is 5.32 Å². The summed E-state index contributed by atoms with van der Waals surface area (Å²) >= 11 is 0. The SMILES string of the molecule is CCN(C(=O)[C@@H]1C[C@@H]1CNC(=O)OCC1c2ccccc2-c2ccccc21)C(C)C(=O)O. The van der Waals surface area contributed by atoms with E-state index >= 15 is 0 Å². The normalized spacial score (nSPS) is 19.4. The molecule has 2 amide bonds. The van der Waals surface area contributed by atoms with E-state index in [2.05, 4.69) is 29.6 Å². The Hall–Kier alpha value is -3.35. The topological polar surface area (TPSA) is 95.9 Å². The van der Waals surface area contributed by atoms with Crippen LogP contribution in [0.1, 0.15) is 37.3 Å². The van der Waals surface area contributed by atoms with E-state index < -0.39 is 18.1 Å². The van der Waals surface area contributed by atoms with Crippen molar-refractivity contribution in [1.82, 2.24) is 10.2 Å². The lowest BCUT2D eigenvalue weighted by Crippen LogP contribution is -2.44. The summed E-state index contributed by atoms with van der Waals surface area (Å²) < 4.78 is 5.53. The molecule has 0 aromatic heterocycles. The maximum absolute atomic E-state index is 12.6. The third-order valence-corrected chi connectivity index (χ3v) is 6.54. The molecule has 7 heteroatoms. The second-order valence-electron chi connectivity index (χ2n) is 8.45. The zero-order chi connectivity index (χ0) is 22.8. The molecule has 0 aliphatic heterocycles. The summed E-state index contributed by atoms with van der Waals surface area (Å²) in [5.41, 5.74) is 4.66. The number of fused-ring (bicyclic) bond motifs is 3. The summed E-state index contributed by atoms with van der Waals surface area (Å²) in [6.45, 7) is 4.20. The monoisotopic (exact) mass is 436 g/mol. The van der Waals surface area contributed by atoms with Crippen molar-refractivity contribution < 1.29 is 24.2 Å². The third-order valence-electron chi connectivity index (χ3n) is 6.54. The number of carbonyl (C=O) groups excluding carboxylic acids is 2. The minimum atomic E-state index is -1.02. The smallest absolute Gasteiger partial charge is 0.407 e. The Bertz CT molecular complexity index is 991. The summed E-state index contributed by atoms with van der Waals surface area (Å²) in [4.78, 5) is 37.5. The number of alkyl carbamates (subject to hydrolysis) is 1. The molecule has 32 heavy (non-hydrogen) atoms. The molecule has 1 saturated carbocycles. The van der Waals surface area contributed by atoms with Crippen LogP contribution in [0.2, 0.25) is 0 Å². The lowest BCUT2D eigenvalue weighted by molar-refractivity contribution is -0.149. The molecule has 1 unspecified atom stereocenters. The number of carbonyl (C=O) groups is 3. The first kappa shape index (κ1) is 21.9. The van der Waals surface area contributed by atoms with Gasteiger partial charge in [-0.1, -0.05) is 48.5 Å². The van der Waals surface area contributed by atoms with E-state index in [1.807, 2.05) is 24.3 Å². The van der Waals surface area contributed by atoms with Gasteiger partial charge in [0.15, 0.2) is 0 Å². The van der Waals surface area contributed by atoms with Gasteiger partial charge in [-0.3, -0.25) is 4.79 Å². The molecule has 1 fully saturated rings. The average molecular weight is 437 g/mol. The Kier molecular flexibility index (Phi) is 6.17. The van der Waals surface area contributed by atoms with Crippen LogP contribution >= 0.6 is 0 Å². The fraction of sp³-hybridized carbons (Fsp3) is 0.400. The Balaban J connectivity index is 1.28.